The minimum Gasteiger partial charge on any atom is -0.494 e. The van der Waals surface area contributed by atoms with Gasteiger partial charge in [0, 0.05) is 18.1 Å². The Morgan fingerprint density at radius 3 is 2.67 bits per heavy atom. The fraction of sp³-hybridized carbons (Fsp3) is 0.714. The molecule has 3 fully saturated rings. The van der Waals surface area contributed by atoms with Crippen LogP contribution in [0.1, 0.15) is 69.4 Å². The molecule has 3 heteroatoms. The van der Waals surface area contributed by atoms with E-state index >= 15 is 0 Å². The Balaban J connectivity index is 1.28. The third kappa shape index (κ3) is 3.78. The molecule has 4 rings (SSSR count). The summed E-state index contributed by atoms with van der Waals surface area (Å²) >= 11 is 0. The Morgan fingerprint density at radius 1 is 0.958 bits per heavy atom. The molecule has 24 heavy (non-hydrogen) atoms. The number of benzene rings is 1. The number of piperidine rings is 2. The number of hydrogen-bond donors (Lipinski definition) is 1. The minimum atomic E-state index is 0.649. The van der Waals surface area contributed by atoms with E-state index in [2.05, 4.69) is 34.5 Å². The van der Waals surface area contributed by atoms with Gasteiger partial charge in [0.2, 0.25) is 0 Å². The van der Waals surface area contributed by atoms with Crippen LogP contribution >= 0.6 is 0 Å². The van der Waals surface area contributed by atoms with E-state index in [1.807, 2.05) is 0 Å². The van der Waals surface area contributed by atoms with E-state index in [9.17, 15) is 0 Å². The van der Waals surface area contributed by atoms with Crippen molar-refractivity contribution < 1.29 is 4.74 Å². The number of rotatable bonds is 5. The quantitative estimate of drug-likeness (QED) is 0.873. The predicted octanol–water partition coefficient (Wildman–Crippen LogP) is 4.29. The summed E-state index contributed by atoms with van der Waals surface area (Å²) in [6.45, 7) is 3.30. The number of fused-ring (bicyclic) bond motifs is 1. The van der Waals surface area contributed by atoms with Gasteiger partial charge in [-0.1, -0.05) is 25.0 Å². The van der Waals surface area contributed by atoms with E-state index in [1.165, 1.54) is 70.0 Å². The average Bonchev–Trinajstić information content (AvgIpc) is 3.07. The molecular formula is C21H32N2O. The molecule has 0 radical (unpaired) electrons. The Bertz CT molecular complexity index is 509. The molecule has 3 saturated heterocycles. The first-order valence-electron chi connectivity index (χ1n) is 10.1. The molecule has 3 aliphatic rings. The normalized spacial score (nSPS) is 30.9. The van der Waals surface area contributed by atoms with Gasteiger partial charge in [-0.25, -0.2) is 0 Å². The van der Waals surface area contributed by atoms with Gasteiger partial charge < -0.3 is 10.1 Å². The van der Waals surface area contributed by atoms with Crippen molar-refractivity contribution in [2.45, 2.75) is 75.9 Å². The van der Waals surface area contributed by atoms with Crippen molar-refractivity contribution >= 4 is 0 Å². The maximum absolute atomic E-state index is 5.98. The fourth-order valence-electron chi connectivity index (χ4n) is 4.89. The van der Waals surface area contributed by atoms with Crippen LogP contribution in [0, 0.1) is 0 Å². The SMILES string of the molecule is c1cc(C2CCC3CCCCN32)ccc1OCCC1CCCCN1. The van der Waals surface area contributed by atoms with Crippen LogP contribution in [-0.4, -0.2) is 36.7 Å². The summed E-state index contributed by atoms with van der Waals surface area (Å²) in [5, 5.41) is 3.59. The zero-order chi connectivity index (χ0) is 16.2. The number of nitrogens with one attached hydrogen (secondary N) is 1. The third-order valence-electron chi connectivity index (χ3n) is 6.26. The van der Waals surface area contributed by atoms with Gasteiger partial charge in [-0.2, -0.15) is 0 Å². The molecule has 0 aromatic heterocycles. The zero-order valence-electron chi connectivity index (χ0n) is 14.9. The summed E-state index contributed by atoms with van der Waals surface area (Å²) in [5.41, 5.74) is 1.49. The van der Waals surface area contributed by atoms with Gasteiger partial charge in [0.25, 0.3) is 0 Å². The van der Waals surface area contributed by atoms with E-state index in [0.717, 1.165) is 24.8 Å². The highest BCUT2D eigenvalue weighted by Gasteiger charge is 2.35. The first kappa shape index (κ1) is 16.4. The monoisotopic (exact) mass is 328 g/mol. The van der Waals surface area contributed by atoms with E-state index in [0.29, 0.717) is 12.1 Å². The topological polar surface area (TPSA) is 24.5 Å². The van der Waals surface area contributed by atoms with Gasteiger partial charge in [-0.05, 0) is 75.7 Å². The highest BCUT2D eigenvalue weighted by Crippen LogP contribution is 2.40. The molecule has 1 aromatic rings. The van der Waals surface area contributed by atoms with Crippen molar-refractivity contribution in [3.05, 3.63) is 29.8 Å². The van der Waals surface area contributed by atoms with E-state index in [-0.39, 0.29) is 0 Å². The predicted molar refractivity (Wildman–Crippen MR) is 98.5 cm³/mol. The Kier molecular flexibility index (Phi) is 5.39. The lowest BCUT2D eigenvalue weighted by atomic mass is 10.0. The molecular weight excluding hydrogens is 296 g/mol. The van der Waals surface area contributed by atoms with Gasteiger partial charge in [0.15, 0.2) is 0 Å². The van der Waals surface area contributed by atoms with Gasteiger partial charge >= 0.3 is 0 Å². The summed E-state index contributed by atoms with van der Waals surface area (Å²) in [7, 11) is 0. The molecule has 0 bridgehead atoms. The van der Waals surface area contributed by atoms with Crippen LogP contribution in [0.3, 0.4) is 0 Å². The summed E-state index contributed by atoms with van der Waals surface area (Å²) in [6.07, 6.45) is 12.1. The van der Waals surface area contributed by atoms with Crippen LogP contribution in [0.4, 0.5) is 0 Å². The second-order valence-electron chi connectivity index (χ2n) is 7.83. The standard InChI is InChI=1S/C21H32N2O/c1-3-14-22-18(5-1)13-16-24-20-10-7-17(8-11-20)21-12-9-19-6-2-4-15-23(19)21/h7-8,10-11,18-19,21-22H,1-6,9,12-16H2. The van der Waals surface area contributed by atoms with Crippen molar-refractivity contribution in [2.75, 3.05) is 19.7 Å². The van der Waals surface area contributed by atoms with Crippen molar-refractivity contribution in [3.63, 3.8) is 0 Å². The van der Waals surface area contributed by atoms with Crippen LogP contribution in [-0.2, 0) is 0 Å². The molecule has 3 unspecified atom stereocenters. The van der Waals surface area contributed by atoms with Gasteiger partial charge in [-0.3, -0.25) is 4.90 Å². The Labute approximate surface area is 146 Å². The van der Waals surface area contributed by atoms with E-state index in [4.69, 9.17) is 4.74 Å². The average molecular weight is 329 g/mol. The third-order valence-corrected chi connectivity index (χ3v) is 6.26. The summed E-state index contributed by atoms with van der Waals surface area (Å²) in [5.74, 6) is 1.03. The molecule has 3 atom stereocenters. The summed E-state index contributed by atoms with van der Waals surface area (Å²) < 4.78 is 5.98. The van der Waals surface area contributed by atoms with Crippen LogP contribution < -0.4 is 10.1 Å². The lowest BCUT2D eigenvalue weighted by Gasteiger charge is -2.34. The van der Waals surface area contributed by atoms with Gasteiger partial charge in [0.1, 0.15) is 5.75 Å². The van der Waals surface area contributed by atoms with E-state index < -0.39 is 0 Å². The van der Waals surface area contributed by atoms with Crippen LogP contribution in [0.15, 0.2) is 24.3 Å². The van der Waals surface area contributed by atoms with Crippen molar-refractivity contribution in [3.8, 4) is 5.75 Å². The maximum atomic E-state index is 5.98. The number of nitrogens with zero attached hydrogens (tertiary/aromatic N) is 1. The highest BCUT2D eigenvalue weighted by molar-refractivity contribution is 5.30. The second kappa shape index (κ2) is 7.88. The first-order valence-corrected chi connectivity index (χ1v) is 10.1. The fourth-order valence-corrected chi connectivity index (χ4v) is 4.89. The smallest absolute Gasteiger partial charge is 0.119 e. The Morgan fingerprint density at radius 2 is 1.83 bits per heavy atom. The molecule has 3 nitrogen and oxygen atoms in total. The van der Waals surface area contributed by atoms with Gasteiger partial charge in [-0.15, -0.1) is 0 Å². The van der Waals surface area contributed by atoms with Crippen LogP contribution in [0.2, 0.25) is 0 Å². The molecule has 132 valence electrons. The molecule has 1 N–H and O–H groups in total. The zero-order valence-corrected chi connectivity index (χ0v) is 14.9. The summed E-state index contributed by atoms with van der Waals surface area (Å²) in [6, 6.07) is 11.1. The molecule has 0 aliphatic carbocycles. The van der Waals surface area contributed by atoms with Crippen molar-refractivity contribution in [2.24, 2.45) is 0 Å². The molecule has 3 heterocycles. The Hall–Kier alpha value is -1.06. The lowest BCUT2D eigenvalue weighted by molar-refractivity contribution is 0.150. The van der Waals surface area contributed by atoms with Crippen LogP contribution in [0.25, 0.3) is 0 Å². The molecule has 0 spiro atoms. The maximum Gasteiger partial charge on any atom is 0.119 e. The first-order chi connectivity index (χ1) is 11.9. The second-order valence-corrected chi connectivity index (χ2v) is 7.83. The van der Waals surface area contributed by atoms with Crippen molar-refractivity contribution in [1.82, 2.24) is 10.2 Å². The summed E-state index contributed by atoms with van der Waals surface area (Å²) in [4.78, 5) is 2.76. The number of hydrogen-bond acceptors (Lipinski definition) is 3. The largest absolute Gasteiger partial charge is 0.494 e. The lowest BCUT2D eigenvalue weighted by Crippen LogP contribution is -2.35. The molecule has 3 aliphatic heterocycles. The highest BCUT2D eigenvalue weighted by atomic mass is 16.5. The van der Waals surface area contributed by atoms with Gasteiger partial charge in [0.05, 0.1) is 6.61 Å². The van der Waals surface area contributed by atoms with Crippen molar-refractivity contribution in [1.29, 1.82) is 0 Å². The molecule has 0 saturated carbocycles. The minimum absolute atomic E-state index is 0.649. The molecule has 1 aromatic carbocycles. The van der Waals surface area contributed by atoms with E-state index in [1.54, 1.807) is 0 Å². The van der Waals surface area contributed by atoms with Crippen LogP contribution in [0.5, 0.6) is 5.75 Å². The number of ether oxygens (including phenoxy) is 1. The molecule has 0 amide bonds.